The maximum absolute atomic E-state index is 13.9. The molecule has 5 heteroatoms. The zero-order valence-electron chi connectivity index (χ0n) is 11.5. The molecule has 106 valence electrons. The molecule has 0 fully saturated rings. The van der Waals surface area contributed by atoms with Crippen molar-refractivity contribution in [2.75, 3.05) is 6.61 Å². The number of aryl methyl sites for hydroxylation is 2. The number of benzene rings is 1. The Morgan fingerprint density at radius 3 is 2.95 bits per heavy atom. The van der Waals surface area contributed by atoms with Gasteiger partial charge in [-0.15, -0.1) is 11.3 Å². The number of carbonyl (C=O) groups excluding carboxylic acids is 1. The number of thiazole rings is 1. The van der Waals surface area contributed by atoms with Gasteiger partial charge in [0.05, 0.1) is 18.7 Å². The number of hydrogen-bond donors (Lipinski definition) is 0. The summed E-state index contributed by atoms with van der Waals surface area (Å²) in [7, 11) is 0. The molecule has 0 saturated heterocycles. The lowest BCUT2D eigenvalue weighted by Gasteiger charge is -2.01. The van der Waals surface area contributed by atoms with Gasteiger partial charge in [-0.3, -0.25) is 4.79 Å². The summed E-state index contributed by atoms with van der Waals surface area (Å²) in [5, 5.41) is 2.50. The van der Waals surface area contributed by atoms with Crippen molar-refractivity contribution in [3.8, 4) is 10.6 Å². The lowest BCUT2D eigenvalue weighted by Crippen LogP contribution is -2.05. The third-order valence-electron chi connectivity index (χ3n) is 2.80. The largest absolute Gasteiger partial charge is 0.466 e. The lowest BCUT2D eigenvalue weighted by atomic mass is 10.1. The highest BCUT2D eigenvalue weighted by Gasteiger charge is 2.11. The van der Waals surface area contributed by atoms with Crippen molar-refractivity contribution in [1.82, 2.24) is 4.98 Å². The number of esters is 1. The van der Waals surface area contributed by atoms with Crippen molar-refractivity contribution < 1.29 is 13.9 Å². The van der Waals surface area contributed by atoms with Gasteiger partial charge >= 0.3 is 5.97 Å². The molecule has 1 aromatic heterocycles. The summed E-state index contributed by atoms with van der Waals surface area (Å²) in [5.41, 5.74) is 2.17. The Labute approximate surface area is 121 Å². The smallest absolute Gasteiger partial charge is 0.306 e. The van der Waals surface area contributed by atoms with Crippen LogP contribution < -0.4 is 0 Å². The fourth-order valence-corrected chi connectivity index (χ4v) is 2.68. The molecule has 0 bridgehead atoms. The van der Waals surface area contributed by atoms with Gasteiger partial charge in [-0.25, -0.2) is 9.37 Å². The van der Waals surface area contributed by atoms with Crippen LogP contribution in [0.1, 0.15) is 24.6 Å². The molecule has 0 aliphatic carbocycles. The molecule has 0 unspecified atom stereocenters. The molecule has 1 aromatic carbocycles. The van der Waals surface area contributed by atoms with Crippen LogP contribution in [0.4, 0.5) is 4.39 Å². The van der Waals surface area contributed by atoms with Gasteiger partial charge in [0.25, 0.3) is 0 Å². The first kappa shape index (κ1) is 14.7. The van der Waals surface area contributed by atoms with Crippen molar-refractivity contribution in [2.24, 2.45) is 0 Å². The average molecular weight is 293 g/mol. The van der Waals surface area contributed by atoms with E-state index in [1.807, 2.05) is 18.4 Å². The predicted molar refractivity (Wildman–Crippen MR) is 77.2 cm³/mol. The molecule has 0 amide bonds. The predicted octanol–water partition coefficient (Wildman–Crippen LogP) is 3.75. The van der Waals surface area contributed by atoms with Gasteiger partial charge in [0.1, 0.15) is 10.8 Å². The highest BCUT2D eigenvalue weighted by atomic mass is 32.1. The third-order valence-corrected chi connectivity index (χ3v) is 3.72. The number of nitrogens with zero attached hydrogens (tertiary/aromatic N) is 1. The molecule has 0 saturated carbocycles. The molecule has 2 rings (SSSR count). The number of carbonyl (C=O) groups is 1. The van der Waals surface area contributed by atoms with Crippen molar-refractivity contribution in [2.45, 2.75) is 26.7 Å². The van der Waals surface area contributed by atoms with Crippen LogP contribution in [0, 0.1) is 12.7 Å². The van der Waals surface area contributed by atoms with Gasteiger partial charge in [0.2, 0.25) is 0 Å². The van der Waals surface area contributed by atoms with E-state index < -0.39 is 0 Å². The minimum absolute atomic E-state index is 0.233. The van der Waals surface area contributed by atoms with Crippen molar-refractivity contribution in [3.63, 3.8) is 0 Å². The first-order valence-corrected chi connectivity index (χ1v) is 7.34. The quantitative estimate of drug-likeness (QED) is 0.788. The molecule has 1 heterocycles. The van der Waals surface area contributed by atoms with Crippen molar-refractivity contribution in [3.05, 3.63) is 40.7 Å². The van der Waals surface area contributed by atoms with Crippen LogP contribution in [0.5, 0.6) is 0 Å². The Balaban J connectivity index is 2.07. The minimum Gasteiger partial charge on any atom is -0.466 e. The summed E-state index contributed by atoms with van der Waals surface area (Å²) in [4.78, 5) is 15.7. The van der Waals surface area contributed by atoms with E-state index in [4.69, 9.17) is 4.74 Å². The zero-order chi connectivity index (χ0) is 14.5. The van der Waals surface area contributed by atoms with E-state index in [1.54, 1.807) is 13.0 Å². The Bertz CT molecular complexity index is 610. The van der Waals surface area contributed by atoms with Crippen LogP contribution in [0.15, 0.2) is 23.6 Å². The van der Waals surface area contributed by atoms with E-state index in [2.05, 4.69) is 4.98 Å². The number of aromatic nitrogens is 1. The van der Waals surface area contributed by atoms with Gasteiger partial charge in [-0.1, -0.05) is 6.07 Å². The number of ether oxygens (including phenoxy) is 1. The maximum Gasteiger partial charge on any atom is 0.306 e. The topological polar surface area (TPSA) is 39.2 Å². The molecule has 0 aliphatic heterocycles. The summed E-state index contributed by atoms with van der Waals surface area (Å²) < 4.78 is 18.7. The number of halogens is 1. The van der Waals surface area contributed by atoms with Crippen LogP contribution in [0.3, 0.4) is 0 Å². The SMILES string of the molecule is CCOC(=O)CCc1csc(-c2ccc(C)cc2F)n1. The van der Waals surface area contributed by atoms with E-state index in [-0.39, 0.29) is 11.8 Å². The first-order valence-electron chi connectivity index (χ1n) is 6.46. The molecular weight excluding hydrogens is 277 g/mol. The maximum atomic E-state index is 13.9. The average Bonchev–Trinajstić information content (AvgIpc) is 2.85. The van der Waals surface area contributed by atoms with Gasteiger partial charge in [0, 0.05) is 17.4 Å². The highest BCUT2D eigenvalue weighted by Crippen LogP contribution is 2.27. The Morgan fingerprint density at radius 1 is 1.45 bits per heavy atom. The van der Waals surface area contributed by atoms with E-state index in [9.17, 15) is 9.18 Å². The monoisotopic (exact) mass is 293 g/mol. The normalized spacial score (nSPS) is 10.6. The van der Waals surface area contributed by atoms with Crippen LogP contribution in [-0.2, 0) is 16.0 Å². The second-order valence-corrected chi connectivity index (χ2v) is 5.29. The van der Waals surface area contributed by atoms with Crippen LogP contribution in [0.25, 0.3) is 10.6 Å². The Morgan fingerprint density at radius 2 is 2.25 bits per heavy atom. The fourth-order valence-electron chi connectivity index (χ4n) is 1.80. The molecule has 0 spiro atoms. The second kappa shape index (κ2) is 6.61. The first-order chi connectivity index (χ1) is 9.60. The number of hydrogen-bond acceptors (Lipinski definition) is 4. The minimum atomic E-state index is -0.267. The summed E-state index contributed by atoms with van der Waals surface area (Å²) in [5.74, 6) is -0.500. The van der Waals surface area contributed by atoms with Gasteiger partial charge < -0.3 is 4.74 Å². The van der Waals surface area contributed by atoms with Gasteiger partial charge in [0.15, 0.2) is 0 Å². The molecule has 0 atom stereocenters. The number of rotatable bonds is 5. The molecular formula is C15H16FNO2S. The third kappa shape index (κ3) is 3.63. The van der Waals surface area contributed by atoms with Crippen molar-refractivity contribution >= 4 is 17.3 Å². The molecule has 2 aromatic rings. The molecule has 3 nitrogen and oxygen atoms in total. The van der Waals surface area contributed by atoms with Crippen LogP contribution >= 0.6 is 11.3 Å². The standard InChI is InChI=1S/C15H16FNO2S/c1-3-19-14(18)7-5-11-9-20-15(17-11)12-6-4-10(2)8-13(12)16/h4,6,8-9H,3,5,7H2,1-2H3. The van der Waals surface area contributed by atoms with E-state index >= 15 is 0 Å². The molecule has 0 radical (unpaired) electrons. The van der Waals surface area contributed by atoms with Crippen LogP contribution in [-0.4, -0.2) is 17.6 Å². The van der Waals surface area contributed by atoms with E-state index in [1.165, 1.54) is 17.4 Å². The van der Waals surface area contributed by atoms with Gasteiger partial charge in [-0.2, -0.15) is 0 Å². The van der Waals surface area contributed by atoms with Crippen LogP contribution in [0.2, 0.25) is 0 Å². The molecule has 0 aliphatic rings. The molecule has 0 N–H and O–H groups in total. The Hall–Kier alpha value is -1.75. The van der Waals surface area contributed by atoms with E-state index in [0.29, 0.717) is 30.0 Å². The summed E-state index contributed by atoms with van der Waals surface area (Å²) in [6, 6.07) is 5.09. The summed E-state index contributed by atoms with van der Waals surface area (Å²) >= 11 is 1.38. The van der Waals surface area contributed by atoms with E-state index in [0.717, 1.165) is 11.3 Å². The van der Waals surface area contributed by atoms with Gasteiger partial charge in [-0.05, 0) is 31.5 Å². The highest BCUT2D eigenvalue weighted by molar-refractivity contribution is 7.13. The van der Waals surface area contributed by atoms with Crippen molar-refractivity contribution in [1.29, 1.82) is 0 Å². The molecule has 20 heavy (non-hydrogen) atoms. The Kier molecular flexibility index (Phi) is 4.84. The second-order valence-electron chi connectivity index (χ2n) is 4.43. The summed E-state index contributed by atoms with van der Waals surface area (Å²) in [6.07, 6.45) is 0.816. The summed E-state index contributed by atoms with van der Waals surface area (Å²) in [6.45, 7) is 4.01. The zero-order valence-corrected chi connectivity index (χ0v) is 12.3. The fraction of sp³-hybridized carbons (Fsp3) is 0.333. The lowest BCUT2D eigenvalue weighted by molar-refractivity contribution is -0.143.